The predicted octanol–water partition coefficient (Wildman–Crippen LogP) is -1.92. The number of aliphatic hydroxyl groups excluding tert-OH is 1. The van der Waals surface area contributed by atoms with Crippen LogP contribution in [0.3, 0.4) is 0 Å². The number of nitrogens with zero attached hydrogens (tertiary/aromatic N) is 7. The number of aryl methyl sites for hydroxylation is 1. The summed E-state index contributed by atoms with van der Waals surface area (Å²) in [6.07, 6.45) is -10.0. The fourth-order valence-corrected chi connectivity index (χ4v) is 7.33. The molecule has 0 aliphatic carbocycles. The van der Waals surface area contributed by atoms with Gasteiger partial charge in [0.2, 0.25) is 0 Å². The van der Waals surface area contributed by atoms with Gasteiger partial charge in [-0.25, -0.2) is 38.1 Å². The summed E-state index contributed by atoms with van der Waals surface area (Å²) in [6.45, 7) is -0.0535. The van der Waals surface area contributed by atoms with Crippen LogP contribution in [0.25, 0.3) is 22.3 Å². The highest BCUT2D eigenvalue weighted by atomic mass is 32.2. The fraction of sp³-hybridized carbons (Fsp3) is 0.524. The van der Waals surface area contributed by atoms with Crippen LogP contribution in [0.5, 0.6) is 0 Å². The number of anilines is 1. The molecular weight excluding hydrogens is 650 g/mol. The maximum atomic E-state index is 15.9. The van der Waals surface area contributed by atoms with Gasteiger partial charge in [-0.1, -0.05) is 0 Å². The Morgan fingerprint density at radius 1 is 1.07 bits per heavy atom. The number of fused-ring (bicyclic) bond motifs is 4. The second kappa shape index (κ2) is 10.8. The molecule has 7 heterocycles. The van der Waals surface area contributed by atoms with E-state index in [1.54, 1.807) is 0 Å². The largest absolute Gasteiger partial charge is 0.472 e. The smallest absolute Gasteiger partial charge is 0.386 e. The van der Waals surface area contributed by atoms with E-state index in [0.29, 0.717) is 0 Å². The molecule has 4 aromatic rings. The molecule has 0 bridgehead atoms. The molecule has 0 saturated carbocycles. The summed E-state index contributed by atoms with van der Waals surface area (Å²) in [6, 6.07) is 0. The first-order chi connectivity index (χ1) is 21.3. The van der Waals surface area contributed by atoms with Crippen molar-refractivity contribution < 1.29 is 50.1 Å². The van der Waals surface area contributed by atoms with Crippen molar-refractivity contribution in [2.24, 2.45) is 0 Å². The first-order valence-corrected chi connectivity index (χ1v) is 16.1. The Balaban J connectivity index is 1.17. The van der Waals surface area contributed by atoms with Crippen LogP contribution in [-0.2, 0) is 37.6 Å². The van der Waals surface area contributed by atoms with Crippen LogP contribution in [0.2, 0.25) is 0 Å². The maximum absolute atomic E-state index is 15.9. The van der Waals surface area contributed by atoms with Crippen molar-refractivity contribution in [1.82, 2.24) is 43.8 Å². The van der Waals surface area contributed by atoms with Crippen LogP contribution < -0.4 is 16.0 Å². The van der Waals surface area contributed by atoms with Crippen molar-refractivity contribution in [1.29, 1.82) is 0 Å². The number of nitrogen functional groups attached to an aromatic ring is 1. The van der Waals surface area contributed by atoms with E-state index in [4.69, 9.17) is 28.4 Å². The number of hydrogen-bond donors (Lipinski definition) is 5. The van der Waals surface area contributed by atoms with E-state index >= 15 is 4.39 Å². The Bertz CT molecular complexity index is 2010. The molecule has 3 aliphatic heterocycles. The molecule has 1 unspecified atom stereocenters. The number of H-pyrrole nitrogens is 1. The summed E-state index contributed by atoms with van der Waals surface area (Å²) in [5.74, 6) is 0.226. The van der Waals surface area contributed by atoms with Gasteiger partial charge in [0.1, 0.15) is 48.2 Å². The molecule has 3 aliphatic rings. The van der Waals surface area contributed by atoms with E-state index in [-0.39, 0.29) is 34.0 Å². The number of aliphatic hydroxyl groups is 1. The zero-order valence-electron chi connectivity index (χ0n) is 22.8. The highest BCUT2D eigenvalue weighted by Gasteiger charge is 2.53. The SMILES string of the molecule is Cc1nc2c(ncn2[C@@H]2O[C@@H]3COP(=O)(O)O[C@H]4[C@@H](F)[C@H](n5cnc6c(N)ncnc65)O[C@@H]4CNS(=O)(=O)O[C@H]3[C@H]2O)c(=O)[nH]1. The minimum atomic E-state index is -5.10. The molecule has 0 spiro atoms. The lowest BCUT2D eigenvalue weighted by atomic mass is 10.1. The average molecular weight is 675 g/mol. The zero-order chi connectivity index (χ0) is 31.8. The van der Waals surface area contributed by atoms with Crippen LogP contribution in [0, 0.1) is 6.92 Å². The van der Waals surface area contributed by atoms with Gasteiger partial charge in [0.05, 0.1) is 19.3 Å². The predicted molar refractivity (Wildman–Crippen MR) is 144 cm³/mol. The molecule has 3 saturated heterocycles. The van der Waals surface area contributed by atoms with Gasteiger partial charge < -0.3 is 30.2 Å². The third-order valence-electron chi connectivity index (χ3n) is 7.42. The van der Waals surface area contributed by atoms with Crippen molar-refractivity contribution in [2.75, 3.05) is 18.9 Å². The summed E-state index contributed by atoms with van der Waals surface area (Å²) in [7, 11) is -9.83. The van der Waals surface area contributed by atoms with Gasteiger partial charge in [0.15, 0.2) is 41.3 Å². The molecule has 9 atom stereocenters. The number of phosphoric ester groups is 1. The second-order valence-corrected chi connectivity index (χ2v) is 13.1. The number of ether oxygens (including phenoxy) is 2. The van der Waals surface area contributed by atoms with Crippen molar-refractivity contribution in [3.63, 3.8) is 0 Å². The Kier molecular flexibility index (Phi) is 7.23. The fourth-order valence-electron chi connectivity index (χ4n) is 5.41. The summed E-state index contributed by atoms with van der Waals surface area (Å²) in [4.78, 5) is 45.4. The van der Waals surface area contributed by atoms with Gasteiger partial charge >= 0.3 is 18.1 Å². The molecule has 4 aromatic heterocycles. The van der Waals surface area contributed by atoms with E-state index in [1.165, 1.54) is 11.5 Å². The Morgan fingerprint density at radius 2 is 1.78 bits per heavy atom. The van der Waals surface area contributed by atoms with Gasteiger partial charge in [0, 0.05) is 6.54 Å². The maximum Gasteiger partial charge on any atom is 0.472 e. The quantitative estimate of drug-likeness (QED) is 0.145. The second-order valence-electron chi connectivity index (χ2n) is 10.3. The first kappa shape index (κ1) is 30.2. The van der Waals surface area contributed by atoms with Gasteiger partial charge in [-0.2, -0.15) is 13.1 Å². The summed E-state index contributed by atoms with van der Waals surface area (Å²) in [5, 5.41) is 11.1. The van der Waals surface area contributed by atoms with Gasteiger partial charge in [-0.05, 0) is 6.92 Å². The van der Waals surface area contributed by atoms with Crippen molar-refractivity contribution in [2.45, 2.75) is 56.1 Å². The van der Waals surface area contributed by atoms with Crippen molar-refractivity contribution in [3.8, 4) is 0 Å². The summed E-state index contributed by atoms with van der Waals surface area (Å²) < 4.78 is 86.4. The van der Waals surface area contributed by atoms with E-state index in [9.17, 15) is 27.8 Å². The Hall–Kier alpha value is -3.51. The lowest BCUT2D eigenvalue weighted by Crippen LogP contribution is -2.45. The van der Waals surface area contributed by atoms with Crippen LogP contribution in [0.4, 0.5) is 10.2 Å². The molecule has 3 fully saturated rings. The van der Waals surface area contributed by atoms with Gasteiger partial charge in [-0.3, -0.25) is 23.0 Å². The number of hydrogen-bond acceptors (Lipinski definition) is 16. The molecule has 21 nitrogen and oxygen atoms in total. The van der Waals surface area contributed by atoms with E-state index in [1.807, 2.05) is 0 Å². The van der Waals surface area contributed by atoms with E-state index < -0.39 is 86.0 Å². The lowest BCUT2D eigenvalue weighted by Gasteiger charge is -2.26. The Morgan fingerprint density at radius 3 is 2.56 bits per heavy atom. The van der Waals surface area contributed by atoms with Gasteiger partial charge in [-0.15, -0.1) is 0 Å². The third kappa shape index (κ3) is 5.29. The summed E-state index contributed by atoms with van der Waals surface area (Å²) in [5.41, 5.74) is 5.35. The number of phosphoric acid groups is 1. The van der Waals surface area contributed by atoms with Crippen LogP contribution in [-0.4, -0.2) is 107 Å². The number of aromatic amines is 1. The van der Waals surface area contributed by atoms with Crippen molar-refractivity contribution in [3.05, 3.63) is 35.2 Å². The lowest BCUT2D eigenvalue weighted by molar-refractivity contribution is -0.0543. The van der Waals surface area contributed by atoms with E-state index in [0.717, 1.165) is 23.5 Å². The minimum Gasteiger partial charge on any atom is -0.386 e. The highest BCUT2D eigenvalue weighted by Crippen LogP contribution is 2.50. The standard InChI is InChI=1S/C21H24FN10O11PS/c1-7-29-18-12(19(34)30-7)27-6-32(18)21-13(33)15-9(41-21)3-39-44(35,36)42-14-8(2-28-45(37,38)43-15)40-20(10(14)22)31-5-26-11-16(23)24-4-25-17(11)31/h4-6,8-10,13-15,20-21,28,33H,2-3H2,1H3,(H,35,36)(H2,23,24,25)(H,29,30,34)/t8-,9-,10-,13-,14-,15-,20-,21-/m1/s1. The van der Waals surface area contributed by atoms with Crippen LogP contribution in [0.1, 0.15) is 18.3 Å². The number of nitrogens with two attached hydrogens (primary N) is 1. The molecular formula is C21H24FN10O11PS. The first-order valence-electron chi connectivity index (χ1n) is 13.1. The van der Waals surface area contributed by atoms with Crippen LogP contribution >= 0.6 is 7.82 Å². The molecule has 0 radical (unpaired) electrons. The summed E-state index contributed by atoms with van der Waals surface area (Å²) >= 11 is 0. The molecule has 0 amide bonds. The monoisotopic (exact) mass is 674 g/mol. The van der Waals surface area contributed by atoms with Gasteiger partial charge in [0.25, 0.3) is 5.56 Å². The molecule has 0 aromatic carbocycles. The molecule has 24 heteroatoms. The Labute approximate surface area is 250 Å². The molecule has 6 N–H and O–H groups in total. The minimum absolute atomic E-state index is 0.00372. The topological polar surface area (TPSA) is 283 Å². The molecule has 45 heavy (non-hydrogen) atoms. The number of imidazole rings is 2. The number of halogens is 1. The highest BCUT2D eigenvalue weighted by molar-refractivity contribution is 7.84. The number of rotatable bonds is 2. The molecule has 242 valence electrons. The third-order valence-corrected chi connectivity index (χ3v) is 9.40. The number of aromatic nitrogens is 8. The zero-order valence-corrected chi connectivity index (χ0v) is 24.5. The number of alkyl halides is 1. The number of nitrogens with one attached hydrogen (secondary N) is 2. The van der Waals surface area contributed by atoms with E-state index in [2.05, 4.69) is 34.6 Å². The average Bonchev–Trinajstić information content (AvgIpc) is 3.72. The molecule has 7 rings (SSSR count). The van der Waals surface area contributed by atoms with Crippen molar-refractivity contribution >= 4 is 46.3 Å². The normalized spacial score (nSPS) is 35.6. The van der Waals surface area contributed by atoms with Crippen LogP contribution in [0.15, 0.2) is 23.8 Å².